The van der Waals surface area contributed by atoms with E-state index in [0.29, 0.717) is 0 Å². The lowest BCUT2D eigenvalue weighted by molar-refractivity contribution is 0.138. The Labute approximate surface area is 122 Å². The molecule has 2 aromatic carbocycles. The molecule has 0 saturated heterocycles. The van der Waals surface area contributed by atoms with Gasteiger partial charge in [0.2, 0.25) is 0 Å². The monoisotopic (exact) mass is 316 g/mol. The van der Waals surface area contributed by atoms with Gasteiger partial charge in [-0.1, -0.05) is 58.4 Å². The minimum absolute atomic E-state index is 0.0739. The highest BCUT2D eigenvalue weighted by Gasteiger charge is 2.30. The maximum absolute atomic E-state index is 5.92. The Morgan fingerprint density at radius 1 is 1.05 bits per heavy atom. The number of fused-ring (bicyclic) bond motifs is 1. The molecule has 1 unspecified atom stereocenters. The molecule has 3 rings (SSSR count). The number of ether oxygens (including phenoxy) is 1. The first-order valence-electron chi connectivity index (χ1n) is 6.56. The zero-order chi connectivity index (χ0) is 13.5. The number of halogens is 1. The smallest absolute Gasteiger partial charge is 0.123 e. The molecule has 0 spiro atoms. The van der Waals surface area contributed by atoms with Crippen LogP contribution in [0.1, 0.15) is 35.4 Å². The minimum Gasteiger partial charge on any atom is -0.487 e. The molecule has 1 aliphatic heterocycles. The van der Waals surface area contributed by atoms with E-state index in [1.165, 1.54) is 16.7 Å². The van der Waals surface area contributed by atoms with Gasteiger partial charge in [0.15, 0.2) is 0 Å². The van der Waals surface area contributed by atoms with Crippen LogP contribution in [0, 0.1) is 0 Å². The third kappa shape index (κ3) is 2.55. The van der Waals surface area contributed by atoms with E-state index in [-0.39, 0.29) is 10.4 Å². The molecule has 98 valence electrons. The van der Waals surface area contributed by atoms with Crippen molar-refractivity contribution in [2.24, 2.45) is 0 Å². The van der Waals surface area contributed by atoms with Gasteiger partial charge in [-0.2, -0.15) is 0 Å². The first-order valence-corrected chi connectivity index (χ1v) is 7.48. The summed E-state index contributed by atoms with van der Waals surface area (Å²) in [5.74, 6) is 1.03. The summed E-state index contributed by atoms with van der Waals surface area (Å²) in [7, 11) is 0. The number of rotatable bonds is 2. The van der Waals surface area contributed by atoms with Gasteiger partial charge in [0, 0.05) is 6.42 Å². The van der Waals surface area contributed by atoms with E-state index < -0.39 is 0 Å². The Bertz CT molecular complexity index is 589. The fraction of sp³-hybridized carbons (Fsp3) is 0.294. The molecule has 0 bridgehead atoms. The van der Waals surface area contributed by atoms with Crippen molar-refractivity contribution >= 4 is 15.9 Å². The van der Waals surface area contributed by atoms with Crippen molar-refractivity contribution in [1.82, 2.24) is 0 Å². The Hall–Kier alpha value is -1.28. The molecule has 1 aliphatic rings. The van der Waals surface area contributed by atoms with Crippen LogP contribution in [0.4, 0.5) is 0 Å². The normalized spacial score (nSPS) is 17.6. The maximum atomic E-state index is 5.92. The van der Waals surface area contributed by atoms with Gasteiger partial charge in [0.05, 0.1) is 4.83 Å². The zero-order valence-electron chi connectivity index (χ0n) is 11.2. The van der Waals surface area contributed by atoms with E-state index in [9.17, 15) is 0 Å². The summed E-state index contributed by atoms with van der Waals surface area (Å²) in [4.78, 5) is 0.239. The molecule has 2 aromatic rings. The van der Waals surface area contributed by atoms with Gasteiger partial charge < -0.3 is 4.74 Å². The molecule has 19 heavy (non-hydrogen) atoms. The summed E-state index contributed by atoms with van der Waals surface area (Å²) >= 11 is 3.79. The second-order valence-electron chi connectivity index (χ2n) is 5.68. The third-order valence-corrected chi connectivity index (χ3v) is 4.53. The van der Waals surface area contributed by atoms with E-state index >= 15 is 0 Å². The molecule has 0 fully saturated rings. The van der Waals surface area contributed by atoms with Gasteiger partial charge in [0.1, 0.15) is 11.4 Å². The van der Waals surface area contributed by atoms with Crippen molar-refractivity contribution in [3.63, 3.8) is 0 Å². The van der Waals surface area contributed by atoms with Crippen molar-refractivity contribution in [2.45, 2.75) is 30.7 Å². The fourth-order valence-electron chi connectivity index (χ4n) is 2.60. The van der Waals surface area contributed by atoms with Crippen molar-refractivity contribution in [1.29, 1.82) is 0 Å². The van der Waals surface area contributed by atoms with Crippen molar-refractivity contribution < 1.29 is 4.74 Å². The molecular weight excluding hydrogens is 300 g/mol. The van der Waals surface area contributed by atoms with Crippen molar-refractivity contribution in [2.75, 3.05) is 0 Å². The second-order valence-corrected chi connectivity index (χ2v) is 6.59. The molecule has 0 aromatic heterocycles. The molecule has 1 atom stereocenters. The van der Waals surface area contributed by atoms with E-state index in [2.05, 4.69) is 72.2 Å². The van der Waals surface area contributed by atoms with Crippen LogP contribution in [-0.4, -0.2) is 5.60 Å². The first-order chi connectivity index (χ1) is 9.05. The van der Waals surface area contributed by atoms with E-state index in [0.717, 1.165) is 12.2 Å². The zero-order valence-corrected chi connectivity index (χ0v) is 12.8. The van der Waals surface area contributed by atoms with Crippen LogP contribution in [0.15, 0.2) is 48.5 Å². The van der Waals surface area contributed by atoms with Gasteiger partial charge in [0.25, 0.3) is 0 Å². The first kappa shape index (κ1) is 12.7. The number of hydrogen-bond acceptors (Lipinski definition) is 1. The van der Waals surface area contributed by atoms with Gasteiger partial charge in [-0.3, -0.25) is 0 Å². The average molecular weight is 317 g/mol. The van der Waals surface area contributed by atoms with Crippen LogP contribution in [0.2, 0.25) is 0 Å². The maximum Gasteiger partial charge on any atom is 0.123 e. The van der Waals surface area contributed by atoms with Crippen LogP contribution in [0.5, 0.6) is 5.75 Å². The summed E-state index contributed by atoms with van der Waals surface area (Å²) < 4.78 is 5.92. The molecule has 1 heterocycles. The number of hydrogen-bond donors (Lipinski definition) is 0. The quantitative estimate of drug-likeness (QED) is 0.717. The van der Waals surface area contributed by atoms with Gasteiger partial charge in [-0.25, -0.2) is 0 Å². The summed E-state index contributed by atoms with van der Waals surface area (Å²) in [6, 6.07) is 17.0. The molecule has 0 saturated carbocycles. The summed E-state index contributed by atoms with van der Waals surface area (Å²) in [5, 5.41) is 0. The Morgan fingerprint density at radius 3 is 2.53 bits per heavy atom. The van der Waals surface area contributed by atoms with Crippen LogP contribution in [0.25, 0.3) is 0 Å². The molecule has 1 nitrogen and oxygen atoms in total. The minimum atomic E-state index is -0.0739. The topological polar surface area (TPSA) is 9.23 Å². The largest absolute Gasteiger partial charge is 0.487 e. The average Bonchev–Trinajstić information content (AvgIpc) is 2.71. The highest BCUT2D eigenvalue weighted by atomic mass is 79.9. The molecular formula is C17H17BrO. The Balaban J connectivity index is 1.92. The van der Waals surface area contributed by atoms with E-state index in [4.69, 9.17) is 4.74 Å². The highest BCUT2D eigenvalue weighted by molar-refractivity contribution is 9.09. The molecule has 0 radical (unpaired) electrons. The molecule has 0 aliphatic carbocycles. The van der Waals surface area contributed by atoms with Crippen LogP contribution >= 0.6 is 15.9 Å². The molecule has 2 heteroatoms. The third-order valence-electron chi connectivity index (χ3n) is 3.47. The lowest BCUT2D eigenvalue weighted by Gasteiger charge is -2.16. The second kappa shape index (κ2) is 4.68. The van der Waals surface area contributed by atoms with Gasteiger partial charge in [-0.05, 0) is 36.6 Å². The predicted octanol–water partition coefficient (Wildman–Crippen LogP) is 4.88. The molecule has 0 N–H and O–H groups in total. The molecule has 0 amide bonds. The predicted molar refractivity (Wildman–Crippen MR) is 82.1 cm³/mol. The lowest BCUT2D eigenvalue weighted by atomic mass is 9.98. The highest BCUT2D eigenvalue weighted by Crippen LogP contribution is 2.39. The Morgan fingerprint density at radius 2 is 1.79 bits per heavy atom. The standard InChI is InChI=1S/C17H17BrO/c1-17(2)11-14-10-13(8-9-15(14)19-17)16(18)12-6-4-3-5-7-12/h3-10,16H,11H2,1-2H3. The summed E-state index contributed by atoms with van der Waals surface area (Å²) in [6.07, 6.45) is 0.977. The van der Waals surface area contributed by atoms with Gasteiger partial charge >= 0.3 is 0 Å². The van der Waals surface area contributed by atoms with Crippen molar-refractivity contribution in [3.05, 3.63) is 65.2 Å². The van der Waals surface area contributed by atoms with Crippen molar-refractivity contribution in [3.8, 4) is 5.75 Å². The number of alkyl halides is 1. The van der Waals surface area contributed by atoms with Crippen LogP contribution in [-0.2, 0) is 6.42 Å². The SMILES string of the molecule is CC1(C)Cc2cc(C(Br)c3ccccc3)ccc2O1. The van der Waals surface area contributed by atoms with E-state index in [1.807, 2.05) is 6.07 Å². The summed E-state index contributed by atoms with van der Waals surface area (Å²) in [6.45, 7) is 4.27. The van der Waals surface area contributed by atoms with E-state index in [1.54, 1.807) is 0 Å². The lowest BCUT2D eigenvalue weighted by Crippen LogP contribution is -2.24. The van der Waals surface area contributed by atoms with Crippen LogP contribution < -0.4 is 4.74 Å². The Kier molecular flexibility index (Phi) is 3.14. The number of benzene rings is 2. The summed E-state index contributed by atoms with van der Waals surface area (Å²) in [5.41, 5.74) is 3.80. The van der Waals surface area contributed by atoms with Crippen LogP contribution in [0.3, 0.4) is 0 Å². The fourth-order valence-corrected chi connectivity index (χ4v) is 3.19. The van der Waals surface area contributed by atoms with Gasteiger partial charge in [-0.15, -0.1) is 0 Å².